The standard InChI is InChI=1S/C13H12ClN3O/c1-8-4-5-11(14)12(6-8)18-13-10(7-15)9(2)16-17(13)3/h4-6H,1-3H3. The Labute approximate surface area is 110 Å². The van der Waals surface area contributed by atoms with Crippen molar-refractivity contribution in [1.82, 2.24) is 9.78 Å². The first-order valence-corrected chi connectivity index (χ1v) is 5.78. The molecule has 92 valence electrons. The Morgan fingerprint density at radius 3 is 2.78 bits per heavy atom. The topological polar surface area (TPSA) is 50.8 Å². The Bertz CT molecular complexity index is 640. The second-order valence-corrected chi connectivity index (χ2v) is 4.44. The molecule has 0 fully saturated rings. The van der Waals surface area contributed by atoms with Crippen LogP contribution in [0.15, 0.2) is 18.2 Å². The summed E-state index contributed by atoms with van der Waals surface area (Å²) in [7, 11) is 1.73. The van der Waals surface area contributed by atoms with Crippen molar-refractivity contribution in [3.63, 3.8) is 0 Å². The van der Waals surface area contributed by atoms with Crippen LogP contribution in [0.3, 0.4) is 0 Å². The lowest BCUT2D eigenvalue weighted by Gasteiger charge is -2.08. The van der Waals surface area contributed by atoms with Crippen LogP contribution < -0.4 is 4.74 Å². The van der Waals surface area contributed by atoms with Crippen LogP contribution in [0.2, 0.25) is 5.02 Å². The SMILES string of the molecule is Cc1ccc(Cl)c(Oc2c(C#N)c(C)nn2C)c1. The first-order chi connectivity index (χ1) is 8.52. The van der Waals surface area contributed by atoms with E-state index < -0.39 is 0 Å². The van der Waals surface area contributed by atoms with Gasteiger partial charge in [-0.2, -0.15) is 10.4 Å². The summed E-state index contributed by atoms with van der Waals surface area (Å²) in [4.78, 5) is 0. The number of aromatic nitrogens is 2. The van der Waals surface area contributed by atoms with E-state index in [-0.39, 0.29) is 0 Å². The van der Waals surface area contributed by atoms with E-state index in [0.717, 1.165) is 5.56 Å². The van der Waals surface area contributed by atoms with Gasteiger partial charge in [-0.1, -0.05) is 17.7 Å². The van der Waals surface area contributed by atoms with Gasteiger partial charge in [0.15, 0.2) is 0 Å². The molecule has 0 saturated carbocycles. The van der Waals surface area contributed by atoms with E-state index in [9.17, 15) is 0 Å². The zero-order valence-corrected chi connectivity index (χ0v) is 11.1. The fraction of sp³-hybridized carbons (Fsp3) is 0.231. The lowest BCUT2D eigenvalue weighted by atomic mass is 10.2. The highest BCUT2D eigenvalue weighted by atomic mass is 35.5. The Morgan fingerprint density at radius 1 is 1.39 bits per heavy atom. The molecule has 0 unspecified atom stereocenters. The Balaban J connectivity index is 2.46. The average molecular weight is 262 g/mol. The summed E-state index contributed by atoms with van der Waals surface area (Å²) in [5, 5.41) is 13.8. The molecule has 4 nitrogen and oxygen atoms in total. The van der Waals surface area contributed by atoms with E-state index >= 15 is 0 Å². The molecular formula is C13H12ClN3O. The third kappa shape index (κ3) is 2.18. The van der Waals surface area contributed by atoms with E-state index in [0.29, 0.717) is 27.9 Å². The van der Waals surface area contributed by atoms with Gasteiger partial charge in [0, 0.05) is 7.05 Å². The highest BCUT2D eigenvalue weighted by molar-refractivity contribution is 6.32. The molecule has 1 heterocycles. The maximum Gasteiger partial charge on any atom is 0.235 e. The van der Waals surface area contributed by atoms with Gasteiger partial charge >= 0.3 is 0 Å². The van der Waals surface area contributed by atoms with E-state index in [1.807, 2.05) is 19.1 Å². The number of nitriles is 1. The Hall–Kier alpha value is -1.99. The maximum atomic E-state index is 9.10. The van der Waals surface area contributed by atoms with Crippen molar-refractivity contribution < 1.29 is 4.74 Å². The second kappa shape index (κ2) is 4.71. The first kappa shape index (κ1) is 12.5. The molecule has 0 aliphatic carbocycles. The van der Waals surface area contributed by atoms with Gasteiger partial charge in [0.05, 0.1) is 10.7 Å². The van der Waals surface area contributed by atoms with Crippen LogP contribution in [0, 0.1) is 25.2 Å². The molecule has 0 aliphatic rings. The van der Waals surface area contributed by atoms with Crippen molar-refractivity contribution in [2.45, 2.75) is 13.8 Å². The number of hydrogen-bond donors (Lipinski definition) is 0. The van der Waals surface area contributed by atoms with Crippen LogP contribution in [0.1, 0.15) is 16.8 Å². The van der Waals surface area contributed by atoms with Gasteiger partial charge in [-0.05, 0) is 31.5 Å². The van der Waals surface area contributed by atoms with Crippen molar-refractivity contribution in [3.8, 4) is 17.7 Å². The molecule has 0 N–H and O–H groups in total. The molecule has 0 bridgehead atoms. The molecule has 0 amide bonds. The van der Waals surface area contributed by atoms with Gasteiger partial charge in [0.1, 0.15) is 17.4 Å². The summed E-state index contributed by atoms with van der Waals surface area (Å²) < 4.78 is 7.24. The largest absolute Gasteiger partial charge is 0.436 e. The minimum absolute atomic E-state index is 0.405. The fourth-order valence-electron chi connectivity index (χ4n) is 1.68. The summed E-state index contributed by atoms with van der Waals surface area (Å²) in [6, 6.07) is 7.58. The number of nitrogens with zero attached hydrogens (tertiary/aromatic N) is 3. The molecular weight excluding hydrogens is 250 g/mol. The molecule has 1 aromatic heterocycles. The number of halogens is 1. The second-order valence-electron chi connectivity index (χ2n) is 4.04. The lowest BCUT2D eigenvalue weighted by molar-refractivity contribution is 0.429. The van der Waals surface area contributed by atoms with Crippen LogP contribution >= 0.6 is 11.6 Å². The molecule has 1 aromatic carbocycles. The molecule has 0 saturated heterocycles. The van der Waals surface area contributed by atoms with Crippen LogP contribution in [0.4, 0.5) is 0 Å². The normalized spacial score (nSPS) is 10.2. The summed E-state index contributed by atoms with van der Waals surface area (Å²) in [6.07, 6.45) is 0. The maximum absolute atomic E-state index is 9.10. The van der Waals surface area contributed by atoms with E-state index in [2.05, 4.69) is 11.2 Å². The van der Waals surface area contributed by atoms with E-state index in [1.165, 1.54) is 4.68 Å². The third-order valence-electron chi connectivity index (χ3n) is 2.57. The Morgan fingerprint density at radius 2 is 2.11 bits per heavy atom. The first-order valence-electron chi connectivity index (χ1n) is 5.40. The summed E-state index contributed by atoms with van der Waals surface area (Å²) in [5.41, 5.74) is 2.10. The predicted molar refractivity (Wildman–Crippen MR) is 68.9 cm³/mol. The molecule has 0 radical (unpaired) electrons. The summed E-state index contributed by atoms with van der Waals surface area (Å²) >= 11 is 6.06. The number of hydrogen-bond acceptors (Lipinski definition) is 3. The van der Waals surface area contributed by atoms with Crippen LogP contribution in [0.5, 0.6) is 11.6 Å². The van der Waals surface area contributed by atoms with Gasteiger partial charge in [-0.25, -0.2) is 4.68 Å². The van der Waals surface area contributed by atoms with Gasteiger partial charge in [-0.15, -0.1) is 0 Å². The third-order valence-corrected chi connectivity index (χ3v) is 2.89. The van der Waals surface area contributed by atoms with Crippen molar-refractivity contribution in [2.75, 3.05) is 0 Å². The van der Waals surface area contributed by atoms with Crippen molar-refractivity contribution in [2.24, 2.45) is 7.05 Å². The minimum Gasteiger partial charge on any atom is -0.436 e. The molecule has 5 heteroatoms. The summed E-state index contributed by atoms with van der Waals surface area (Å²) in [5.74, 6) is 0.929. The van der Waals surface area contributed by atoms with Gasteiger partial charge in [-0.3, -0.25) is 0 Å². The molecule has 2 rings (SSSR count). The quantitative estimate of drug-likeness (QED) is 0.833. The van der Waals surface area contributed by atoms with E-state index in [1.54, 1.807) is 20.0 Å². The minimum atomic E-state index is 0.405. The van der Waals surface area contributed by atoms with Gasteiger partial charge < -0.3 is 4.74 Å². The van der Waals surface area contributed by atoms with Crippen LogP contribution in [-0.4, -0.2) is 9.78 Å². The fourth-order valence-corrected chi connectivity index (χ4v) is 1.83. The van der Waals surface area contributed by atoms with Gasteiger partial charge in [0.2, 0.25) is 5.88 Å². The monoisotopic (exact) mass is 261 g/mol. The zero-order valence-electron chi connectivity index (χ0n) is 10.4. The Kier molecular flexibility index (Phi) is 3.26. The number of benzene rings is 1. The van der Waals surface area contributed by atoms with Crippen LogP contribution in [-0.2, 0) is 7.05 Å². The molecule has 0 aliphatic heterocycles. The molecule has 0 spiro atoms. The number of rotatable bonds is 2. The molecule has 2 aromatic rings. The van der Waals surface area contributed by atoms with Gasteiger partial charge in [0.25, 0.3) is 0 Å². The lowest BCUT2D eigenvalue weighted by Crippen LogP contribution is -1.96. The summed E-state index contributed by atoms with van der Waals surface area (Å²) in [6.45, 7) is 3.71. The predicted octanol–water partition coefficient (Wildman–Crippen LogP) is 3.35. The van der Waals surface area contributed by atoms with Crippen molar-refractivity contribution >= 4 is 11.6 Å². The average Bonchev–Trinajstić information content (AvgIpc) is 2.58. The highest BCUT2D eigenvalue weighted by Crippen LogP contribution is 2.32. The van der Waals surface area contributed by atoms with Crippen LogP contribution in [0.25, 0.3) is 0 Å². The highest BCUT2D eigenvalue weighted by Gasteiger charge is 2.16. The van der Waals surface area contributed by atoms with Crippen molar-refractivity contribution in [3.05, 3.63) is 40.0 Å². The molecule has 18 heavy (non-hydrogen) atoms. The number of aryl methyl sites for hydroxylation is 3. The van der Waals surface area contributed by atoms with E-state index in [4.69, 9.17) is 21.6 Å². The smallest absolute Gasteiger partial charge is 0.235 e. The molecule has 0 atom stereocenters. The van der Waals surface area contributed by atoms with Crippen molar-refractivity contribution in [1.29, 1.82) is 5.26 Å². The number of ether oxygens (including phenoxy) is 1. The zero-order chi connectivity index (χ0) is 13.3.